The lowest BCUT2D eigenvalue weighted by Crippen LogP contribution is -2.36. The molecule has 0 radical (unpaired) electrons. The van der Waals surface area contributed by atoms with E-state index in [9.17, 15) is 17.8 Å². The van der Waals surface area contributed by atoms with Crippen LogP contribution in [0.5, 0.6) is 0 Å². The number of benzene rings is 2. The van der Waals surface area contributed by atoms with Crippen molar-refractivity contribution in [3.63, 3.8) is 0 Å². The van der Waals surface area contributed by atoms with Crippen LogP contribution in [0.15, 0.2) is 47.4 Å². The lowest BCUT2D eigenvalue weighted by atomic mass is 9.98. The number of nitrogens with zero attached hydrogens (tertiary/aromatic N) is 1. The Morgan fingerprint density at radius 2 is 1.81 bits per heavy atom. The van der Waals surface area contributed by atoms with Crippen LogP contribution in [-0.2, 0) is 15.6 Å². The molecule has 0 bridgehead atoms. The van der Waals surface area contributed by atoms with Gasteiger partial charge in [0.1, 0.15) is 0 Å². The monoisotopic (exact) mass is 392 g/mol. The van der Waals surface area contributed by atoms with Gasteiger partial charge in [-0.2, -0.15) is 0 Å². The van der Waals surface area contributed by atoms with Crippen molar-refractivity contribution in [1.29, 1.82) is 0 Å². The van der Waals surface area contributed by atoms with Crippen LogP contribution >= 0.6 is 0 Å². The number of hydrogen-bond acceptors (Lipinski definition) is 3. The van der Waals surface area contributed by atoms with E-state index >= 15 is 0 Å². The molecule has 4 atom stereocenters. The number of nitrogens with one attached hydrogen (secondary N) is 1. The second-order valence-corrected chi connectivity index (χ2v) is 8.22. The second kappa shape index (κ2) is 7.86. The summed E-state index contributed by atoms with van der Waals surface area (Å²) < 4.78 is 38.5. The van der Waals surface area contributed by atoms with Gasteiger partial charge in [0, 0.05) is 47.5 Å². The van der Waals surface area contributed by atoms with Gasteiger partial charge in [-0.25, -0.2) is 8.78 Å². The first-order valence-corrected chi connectivity index (χ1v) is 10.2. The predicted molar refractivity (Wildman–Crippen MR) is 101 cm³/mol. The van der Waals surface area contributed by atoms with Crippen molar-refractivity contribution in [2.24, 2.45) is 0 Å². The van der Waals surface area contributed by atoms with Gasteiger partial charge >= 0.3 is 0 Å². The van der Waals surface area contributed by atoms with E-state index in [4.69, 9.17) is 0 Å². The van der Waals surface area contributed by atoms with Crippen LogP contribution < -0.4 is 5.32 Å². The highest BCUT2D eigenvalue weighted by Gasteiger charge is 2.39. The molecule has 0 spiro atoms. The third-order valence-corrected chi connectivity index (χ3v) is 5.98. The van der Waals surface area contributed by atoms with Crippen molar-refractivity contribution >= 4 is 16.7 Å². The second-order valence-electron chi connectivity index (χ2n) is 6.85. The zero-order valence-corrected chi connectivity index (χ0v) is 16.2. The number of likely N-dealkylation sites (N-methyl/N-ethyl adjacent to an activating group) is 1. The lowest BCUT2D eigenvalue weighted by Gasteiger charge is -2.28. The van der Waals surface area contributed by atoms with Gasteiger partial charge in [-0.15, -0.1) is 0 Å². The summed E-state index contributed by atoms with van der Waals surface area (Å²) >= 11 is 0. The molecule has 144 valence electrons. The van der Waals surface area contributed by atoms with Gasteiger partial charge in [0.05, 0.1) is 6.04 Å². The Balaban J connectivity index is 1.81. The molecule has 27 heavy (non-hydrogen) atoms. The van der Waals surface area contributed by atoms with E-state index < -0.39 is 22.4 Å². The van der Waals surface area contributed by atoms with Gasteiger partial charge in [-0.3, -0.25) is 9.00 Å². The molecule has 7 heteroatoms. The summed E-state index contributed by atoms with van der Waals surface area (Å²) in [7, 11) is 0.636. The third-order valence-electron chi connectivity index (χ3n) is 5.05. The van der Waals surface area contributed by atoms with Gasteiger partial charge < -0.3 is 10.2 Å². The molecule has 1 fully saturated rings. The molecule has 0 unspecified atom stereocenters. The van der Waals surface area contributed by atoms with E-state index in [0.29, 0.717) is 5.56 Å². The third kappa shape index (κ3) is 4.09. The van der Waals surface area contributed by atoms with Crippen LogP contribution in [0.1, 0.15) is 36.6 Å². The molecular formula is C20H22F2N2O2S. The molecule has 0 aromatic heterocycles. The Hall–Kier alpha value is -2.12. The topological polar surface area (TPSA) is 49.4 Å². The van der Waals surface area contributed by atoms with Gasteiger partial charge in [0.25, 0.3) is 0 Å². The summed E-state index contributed by atoms with van der Waals surface area (Å²) in [5.74, 6) is -1.88. The van der Waals surface area contributed by atoms with Gasteiger partial charge in [-0.1, -0.05) is 18.2 Å². The summed E-state index contributed by atoms with van der Waals surface area (Å²) in [5, 5.41) is 3.43. The molecule has 1 aliphatic rings. The molecule has 0 aliphatic carbocycles. The number of carbonyl (C=O) groups excluding carboxylic acids is 1. The minimum Gasteiger partial charge on any atom is -0.337 e. The largest absolute Gasteiger partial charge is 0.337 e. The highest BCUT2D eigenvalue weighted by molar-refractivity contribution is 7.84. The fourth-order valence-corrected chi connectivity index (χ4v) is 4.06. The van der Waals surface area contributed by atoms with E-state index in [1.165, 1.54) is 6.07 Å². The fourth-order valence-electron chi connectivity index (χ4n) is 3.54. The first-order valence-electron chi connectivity index (χ1n) is 8.68. The highest BCUT2D eigenvalue weighted by atomic mass is 32.2. The molecule has 4 nitrogen and oxygen atoms in total. The van der Waals surface area contributed by atoms with Crippen molar-refractivity contribution in [3.05, 3.63) is 65.2 Å². The van der Waals surface area contributed by atoms with Crippen molar-refractivity contribution < 1.29 is 17.8 Å². The summed E-state index contributed by atoms with van der Waals surface area (Å²) in [6.45, 7) is 1.98. The average molecular weight is 392 g/mol. The van der Waals surface area contributed by atoms with Crippen LogP contribution in [0.3, 0.4) is 0 Å². The van der Waals surface area contributed by atoms with Gasteiger partial charge in [0.2, 0.25) is 5.91 Å². The van der Waals surface area contributed by atoms with Crippen molar-refractivity contribution in [2.75, 3.05) is 13.3 Å². The number of likely N-dealkylation sites (tertiary alicyclic amines) is 1. The van der Waals surface area contributed by atoms with Gasteiger partial charge in [0.15, 0.2) is 11.6 Å². The minimum absolute atomic E-state index is 0.0499. The molecular weight excluding hydrogens is 370 g/mol. The number of carbonyl (C=O) groups is 1. The minimum atomic E-state index is -1.04. The maximum absolute atomic E-state index is 13.7. The summed E-state index contributed by atoms with van der Waals surface area (Å²) in [6, 6.07) is 10.5. The Bertz CT molecular complexity index is 873. The lowest BCUT2D eigenvalue weighted by molar-refractivity contribution is -0.127. The number of amides is 1. The Labute approximate surface area is 160 Å². The van der Waals surface area contributed by atoms with Crippen molar-refractivity contribution in [1.82, 2.24) is 10.2 Å². The number of halogens is 2. The standard InChI is InChI=1S/C20H22F2N2O2S/c1-12(13-4-7-15(8-5-13)27(3)26)23-18-11-19(25)24(2)20(18)14-6-9-16(21)17(22)10-14/h4-10,12,18,20,23H,11H2,1-3H3/t12-,18+,20+,27+/m0/s1. The quantitative estimate of drug-likeness (QED) is 0.849. The zero-order chi connectivity index (χ0) is 19.7. The molecule has 1 heterocycles. The van der Waals surface area contributed by atoms with E-state index in [2.05, 4.69) is 5.32 Å². The molecule has 2 aromatic rings. The van der Waals surface area contributed by atoms with E-state index in [1.54, 1.807) is 18.2 Å². The van der Waals surface area contributed by atoms with E-state index in [0.717, 1.165) is 22.6 Å². The Kier molecular flexibility index (Phi) is 5.72. The smallest absolute Gasteiger partial charge is 0.224 e. The average Bonchev–Trinajstić information content (AvgIpc) is 2.91. The highest BCUT2D eigenvalue weighted by Crippen LogP contribution is 2.34. The Morgan fingerprint density at radius 3 is 2.41 bits per heavy atom. The molecule has 1 saturated heterocycles. The van der Waals surface area contributed by atoms with Crippen LogP contribution in [0.25, 0.3) is 0 Å². The van der Waals surface area contributed by atoms with Gasteiger partial charge in [-0.05, 0) is 42.3 Å². The summed E-state index contributed by atoms with van der Waals surface area (Å²) in [4.78, 5) is 14.6. The van der Waals surface area contributed by atoms with Crippen molar-refractivity contribution in [3.8, 4) is 0 Å². The van der Waals surface area contributed by atoms with Crippen molar-refractivity contribution in [2.45, 2.75) is 36.4 Å². The number of rotatable bonds is 5. The van der Waals surface area contributed by atoms with Crippen LogP contribution in [0.4, 0.5) is 8.78 Å². The van der Waals surface area contributed by atoms with E-state index in [-0.39, 0.29) is 30.5 Å². The number of hydrogen-bond donors (Lipinski definition) is 1. The first kappa shape index (κ1) is 19.6. The maximum atomic E-state index is 13.7. The Morgan fingerprint density at radius 1 is 1.15 bits per heavy atom. The normalized spacial score (nSPS) is 22.1. The molecule has 1 amide bonds. The first-order chi connectivity index (χ1) is 12.8. The molecule has 0 saturated carbocycles. The molecule has 1 aliphatic heterocycles. The maximum Gasteiger partial charge on any atom is 0.224 e. The molecule has 1 N–H and O–H groups in total. The molecule has 3 rings (SSSR count). The fraction of sp³-hybridized carbons (Fsp3) is 0.350. The van der Waals surface area contributed by atoms with E-state index in [1.807, 2.05) is 31.2 Å². The van der Waals surface area contributed by atoms with Crippen LogP contribution in [0.2, 0.25) is 0 Å². The summed E-state index contributed by atoms with van der Waals surface area (Å²) in [6.07, 6.45) is 1.91. The van der Waals surface area contributed by atoms with Crippen LogP contribution in [0, 0.1) is 11.6 Å². The zero-order valence-electron chi connectivity index (χ0n) is 15.4. The molecule has 2 aromatic carbocycles. The predicted octanol–water partition coefficient (Wildman–Crippen LogP) is 3.32. The van der Waals surface area contributed by atoms with Crippen LogP contribution in [-0.4, -0.2) is 34.4 Å². The SMILES string of the molecule is C[C@H](N[C@@H]1CC(=O)N(C)[C@@H]1c1ccc(F)c(F)c1)c1ccc([S@@](C)=O)cc1. The summed E-state index contributed by atoms with van der Waals surface area (Å²) in [5.41, 5.74) is 1.55.